The molecule has 0 aromatic heterocycles. The highest BCUT2D eigenvalue weighted by atomic mass is 16.2. The van der Waals surface area contributed by atoms with Gasteiger partial charge in [0.25, 0.3) is 0 Å². The van der Waals surface area contributed by atoms with Crippen LogP contribution in [0.2, 0.25) is 0 Å². The van der Waals surface area contributed by atoms with Crippen LogP contribution in [0.3, 0.4) is 0 Å². The summed E-state index contributed by atoms with van der Waals surface area (Å²) in [6.07, 6.45) is 4.51. The average Bonchev–Trinajstić information content (AvgIpc) is 2.15. The minimum Gasteiger partial charge on any atom is -0.343 e. The quantitative estimate of drug-likeness (QED) is 0.732. The van der Waals surface area contributed by atoms with Crippen molar-refractivity contribution in [3.63, 3.8) is 0 Å². The second-order valence-electron chi connectivity index (χ2n) is 6.55. The van der Waals surface area contributed by atoms with E-state index in [1.165, 1.54) is 19.3 Å². The zero-order chi connectivity index (χ0) is 13.1. The lowest BCUT2D eigenvalue weighted by Gasteiger charge is -2.39. The molecule has 2 nitrogen and oxygen atoms in total. The van der Waals surface area contributed by atoms with Gasteiger partial charge in [-0.2, -0.15) is 0 Å². The van der Waals surface area contributed by atoms with Gasteiger partial charge < -0.3 is 4.90 Å². The molecule has 0 bridgehead atoms. The molecule has 1 aliphatic rings. The summed E-state index contributed by atoms with van der Waals surface area (Å²) >= 11 is 0. The number of nitrogens with zero attached hydrogens (tertiary/aromatic N) is 1. The van der Waals surface area contributed by atoms with Crippen molar-refractivity contribution in [2.45, 2.75) is 60.3 Å². The lowest BCUT2D eigenvalue weighted by Crippen LogP contribution is -2.35. The van der Waals surface area contributed by atoms with E-state index >= 15 is 0 Å². The SMILES string of the molecule is CCN(CC)C(=O)C[C@H]1C[C@H](C)CC(C)(C)C1. The van der Waals surface area contributed by atoms with Gasteiger partial charge in [-0.25, -0.2) is 0 Å². The maximum absolute atomic E-state index is 12.1. The van der Waals surface area contributed by atoms with Gasteiger partial charge in [-0.05, 0) is 50.4 Å². The smallest absolute Gasteiger partial charge is 0.222 e. The molecule has 2 heteroatoms. The molecule has 0 aromatic carbocycles. The maximum Gasteiger partial charge on any atom is 0.222 e. The molecular weight excluding hydrogens is 210 g/mol. The van der Waals surface area contributed by atoms with Crippen LogP contribution in [0.1, 0.15) is 60.3 Å². The fourth-order valence-corrected chi connectivity index (χ4v) is 3.65. The Morgan fingerprint density at radius 1 is 1.24 bits per heavy atom. The molecule has 0 aromatic rings. The van der Waals surface area contributed by atoms with Crippen LogP contribution in [0.15, 0.2) is 0 Å². The molecule has 1 rings (SSSR count). The predicted octanol–water partition coefficient (Wildman–Crippen LogP) is 3.71. The van der Waals surface area contributed by atoms with Gasteiger partial charge in [-0.1, -0.05) is 20.8 Å². The molecule has 1 saturated carbocycles. The van der Waals surface area contributed by atoms with Crippen LogP contribution in [-0.2, 0) is 4.79 Å². The summed E-state index contributed by atoms with van der Waals surface area (Å²) in [7, 11) is 0. The largest absolute Gasteiger partial charge is 0.343 e. The summed E-state index contributed by atoms with van der Waals surface area (Å²) in [4.78, 5) is 14.1. The first-order valence-corrected chi connectivity index (χ1v) is 7.15. The van der Waals surface area contributed by atoms with Crippen molar-refractivity contribution in [3.05, 3.63) is 0 Å². The van der Waals surface area contributed by atoms with Crippen molar-refractivity contribution in [1.82, 2.24) is 4.90 Å². The summed E-state index contributed by atoms with van der Waals surface area (Å²) in [5, 5.41) is 0. The molecule has 100 valence electrons. The van der Waals surface area contributed by atoms with E-state index < -0.39 is 0 Å². The number of amides is 1. The van der Waals surface area contributed by atoms with Gasteiger partial charge in [0, 0.05) is 19.5 Å². The van der Waals surface area contributed by atoms with Crippen molar-refractivity contribution in [2.24, 2.45) is 17.3 Å². The summed E-state index contributed by atoms with van der Waals surface area (Å²) < 4.78 is 0. The van der Waals surface area contributed by atoms with Crippen molar-refractivity contribution in [3.8, 4) is 0 Å². The third-order valence-electron chi connectivity index (χ3n) is 4.06. The van der Waals surface area contributed by atoms with Crippen molar-refractivity contribution in [1.29, 1.82) is 0 Å². The normalized spacial score (nSPS) is 27.8. The minimum atomic E-state index is 0.352. The van der Waals surface area contributed by atoms with Crippen LogP contribution in [-0.4, -0.2) is 23.9 Å². The van der Waals surface area contributed by atoms with Crippen molar-refractivity contribution in [2.75, 3.05) is 13.1 Å². The van der Waals surface area contributed by atoms with E-state index in [1.54, 1.807) is 0 Å². The number of hydrogen-bond acceptors (Lipinski definition) is 1. The Hall–Kier alpha value is -0.530. The van der Waals surface area contributed by atoms with Crippen molar-refractivity contribution >= 4 is 5.91 Å². The van der Waals surface area contributed by atoms with Crippen LogP contribution in [0, 0.1) is 17.3 Å². The van der Waals surface area contributed by atoms with E-state index in [2.05, 4.69) is 34.6 Å². The van der Waals surface area contributed by atoms with Gasteiger partial charge in [0.15, 0.2) is 0 Å². The van der Waals surface area contributed by atoms with Gasteiger partial charge in [0.2, 0.25) is 5.91 Å². The highest BCUT2D eigenvalue weighted by molar-refractivity contribution is 5.76. The molecule has 0 aliphatic heterocycles. The molecular formula is C15H29NO. The standard InChI is InChI=1S/C15H29NO/c1-6-16(7-2)14(17)9-13-8-12(3)10-15(4,5)11-13/h12-13H,6-11H2,1-5H3/t12-,13+/m0/s1. The summed E-state index contributed by atoms with van der Waals surface area (Å²) in [6, 6.07) is 0. The highest BCUT2D eigenvalue weighted by Crippen LogP contribution is 2.42. The topological polar surface area (TPSA) is 20.3 Å². The van der Waals surface area contributed by atoms with Crippen LogP contribution < -0.4 is 0 Å². The fourth-order valence-electron chi connectivity index (χ4n) is 3.65. The van der Waals surface area contributed by atoms with E-state index in [-0.39, 0.29) is 0 Å². The zero-order valence-corrected chi connectivity index (χ0v) is 12.3. The highest BCUT2D eigenvalue weighted by Gasteiger charge is 2.33. The molecule has 0 saturated heterocycles. The summed E-state index contributed by atoms with van der Waals surface area (Å²) in [5.74, 6) is 1.72. The van der Waals surface area contributed by atoms with E-state index in [0.29, 0.717) is 17.2 Å². The molecule has 0 unspecified atom stereocenters. The van der Waals surface area contributed by atoms with Crippen molar-refractivity contribution < 1.29 is 4.79 Å². The number of carbonyl (C=O) groups excluding carboxylic acids is 1. The van der Waals surface area contributed by atoms with Gasteiger partial charge in [-0.15, -0.1) is 0 Å². The Balaban J connectivity index is 2.53. The molecule has 0 N–H and O–H groups in total. The molecule has 2 atom stereocenters. The zero-order valence-electron chi connectivity index (χ0n) is 12.3. The Labute approximate surface area is 107 Å². The van der Waals surface area contributed by atoms with Gasteiger partial charge >= 0.3 is 0 Å². The second-order valence-corrected chi connectivity index (χ2v) is 6.55. The lowest BCUT2D eigenvalue weighted by atomic mass is 9.67. The first-order valence-electron chi connectivity index (χ1n) is 7.15. The first kappa shape index (κ1) is 14.5. The molecule has 1 fully saturated rings. The van der Waals surface area contributed by atoms with Crippen LogP contribution in [0.5, 0.6) is 0 Å². The van der Waals surface area contributed by atoms with E-state index in [9.17, 15) is 4.79 Å². The fraction of sp³-hybridized carbons (Fsp3) is 0.933. The molecule has 0 radical (unpaired) electrons. The maximum atomic E-state index is 12.1. The number of carbonyl (C=O) groups is 1. The van der Waals surface area contributed by atoms with Crippen LogP contribution in [0.25, 0.3) is 0 Å². The Kier molecular flexibility index (Phi) is 5.03. The van der Waals surface area contributed by atoms with Gasteiger partial charge in [-0.3, -0.25) is 4.79 Å². The van der Waals surface area contributed by atoms with E-state index in [4.69, 9.17) is 0 Å². The van der Waals surface area contributed by atoms with Gasteiger partial charge in [0.1, 0.15) is 0 Å². The third-order valence-corrected chi connectivity index (χ3v) is 4.06. The molecule has 17 heavy (non-hydrogen) atoms. The predicted molar refractivity (Wildman–Crippen MR) is 72.8 cm³/mol. The summed E-state index contributed by atoms with van der Waals surface area (Å²) in [6.45, 7) is 12.8. The number of rotatable bonds is 4. The van der Waals surface area contributed by atoms with Gasteiger partial charge in [0.05, 0.1) is 0 Å². The monoisotopic (exact) mass is 239 g/mol. The second kappa shape index (κ2) is 5.88. The minimum absolute atomic E-state index is 0.352. The lowest BCUT2D eigenvalue weighted by molar-refractivity contribution is -0.132. The Bertz CT molecular complexity index is 256. The molecule has 1 aliphatic carbocycles. The van der Waals surface area contributed by atoms with E-state index in [1.807, 2.05) is 4.90 Å². The first-order chi connectivity index (χ1) is 7.88. The average molecular weight is 239 g/mol. The third kappa shape index (κ3) is 4.33. The Morgan fingerprint density at radius 2 is 1.82 bits per heavy atom. The molecule has 1 amide bonds. The molecule has 0 spiro atoms. The van der Waals surface area contributed by atoms with Crippen LogP contribution >= 0.6 is 0 Å². The van der Waals surface area contributed by atoms with Crippen LogP contribution in [0.4, 0.5) is 0 Å². The Morgan fingerprint density at radius 3 is 2.29 bits per heavy atom. The summed E-state index contributed by atoms with van der Waals surface area (Å²) in [5.41, 5.74) is 0.422. The number of hydrogen-bond donors (Lipinski definition) is 0. The molecule has 0 heterocycles. The van der Waals surface area contributed by atoms with E-state index in [0.717, 1.165) is 25.4 Å².